The third kappa shape index (κ3) is 6.33. The molecular weight excluding hydrogens is 419 g/mol. The first-order valence-electron chi connectivity index (χ1n) is 8.81. The second-order valence-corrected chi connectivity index (χ2v) is 6.71. The summed E-state index contributed by atoms with van der Waals surface area (Å²) in [5, 5.41) is 0. The summed E-state index contributed by atoms with van der Waals surface area (Å²) >= 11 is 0. The van der Waals surface area contributed by atoms with E-state index >= 15 is 0 Å². The maximum absolute atomic E-state index is 12.7. The lowest BCUT2D eigenvalue weighted by Crippen LogP contribution is -2.51. The molecule has 1 fully saturated rings. The number of rotatable bonds is 4. The van der Waals surface area contributed by atoms with Gasteiger partial charge in [-0.3, -0.25) is 14.7 Å². The molecule has 0 radical (unpaired) electrons. The molecule has 1 saturated heterocycles. The average Bonchev–Trinajstić information content (AvgIpc) is 2.67. The fraction of sp³-hybridized carbons (Fsp3) is 0.400. The Balaban J connectivity index is 0.00000243. The van der Waals surface area contributed by atoms with Crippen LogP contribution in [0.4, 0.5) is 0 Å². The van der Waals surface area contributed by atoms with Gasteiger partial charge < -0.3 is 10.6 Å². The Morgan fingerprint density at radius 2 is 1.61 bits per heavy atom. The van der Waals surface area contributed by atoms with Crippen molar-refractivity contribution in [2.75, 3.05) is 26.2 Å². The quantitative estimate of drug-likeness (QED) is 0.778. The zero-order valence-electron chi connectivity index (χ0n) is 16.2. The Morgan fingerprint density at radius 3 is 2.14 bits per heavy atom. The van der Waals surface area contributed by atoms with E-state index in [9.17, 15) is 4.79 Å². The molecule has 0 bridgehead atoms. The number of piperazine rings is 1. The molecule has 28 heavy (non-hydrogen) atoms. The SMILES string of the molecule is Cc1ccc(C(N)C(=O)N2CCN(C(C)c3cccnc3)CC2)cc1.Cl.Cl.Cl. The van der Waals surface area contributed by atoms with Gasteiger partial charge in [0.15, 0.2) is 0 Å². The Bertz CT molecular complexity index is 707. The molecule has 1 aliphatic rings. The van der Waals surface area contributed by atoms with Gasteiger partial charge in [0, 0.05) is 44.6 Å². The summed E-state index contributed by atoms with van der Waals surface area (Å²) in [4.78, 5) is 21.2. The van der Waals surface area contributed by atoms with Gasteiger partial charge in [-0.25, -0.2) is 0 Å². The van der Waals surface area contributed by atoms with Crippen LogP contribution in [0.1, 0.15) is 35.7 Å². The zero-order chi connectivity index (χ0) is 17.8. The summed E-state index contributed by atoms with van der Waals surface area (Å²) in [5.41, 5.74) is 9.44. The molecule has 5 nitrogen and oxygen atoms in total. The first-order valence-corrected chi connectivity index (χ1v) is 8.81. The Hall–Kier alpha value is -1.37. The van der Waals surface area contributed by atoms with E-state index < -0.39 is 6.04 Å². The van der Waals surface area contributed by atoms with Crippen molar-refractivity contribution in [3.8, 4) is 0 Å². The molecule has 156 valence electrons. The molecule has 2 N–H and O–H groups in total. The molecule has 2 atom stereocenters. The van der Waals surface area contributed by atoms with Gasteiger partial charge in [-0.05, 0) is 31.0 Å². The van der Waals surface area contributed by atoms with Crippen LogP contribution >= 0.6 is 37.2 Å². The number of halogens is 3. The number of aryl methyl sites for hydroxylation is 1. The van der Waals surface area contributed by atoms with E-state index in [1.54, 1.807) is 6.20 Å². The first kappa shape index (κ1) is 26.6. The molecular formula is C20H29Cl3N4O. The van der Waals surface area contributed by atoms with Gasteiger partial charge in [0.05, 0.1) is 0 Å². The topological polar surface area (TPSA) is 62.5 Å². The van der Waals surface area contributed by atoms with Gasteiger partial charge in [-0.15, -0.1) is 37.2 Å². The lowest BCUT2D eigenvalue weighted by Gasteiger charge is -2.39. The number of aromatic nitrogens is 1. The van der Waals surface area contributed by atoms with Crippen LogP contribution in [0.25, 0.3) is 0 Å². The van der Waals surface area contributed by atoms with Crippen LogP contribution in [-0.4, -0.2) is 46.9 Å². The smallest absolute Gasteiger partial charge is 0.244 e. The van der Waals surface area contributed by atoms with E-state index in [1.807, 2.05) is 48.4 Å². The number of pyridine rings is 1. The van der Waals surface area contributed by atoms with Crippen molar-refractivity contribution < 1.29 is 4.79 Å². The van der Waals surface area contributed by atoms with Gasteiger partial charge in [-0.1, -0.05) is 35.9 Å². The minimum atomic E-state index is -0.581. The van der Waals surface area contributed by atoms with E-state index in [0.717, 1.165) is 18.7 Å². The van der Waals surface area contributed by atoms with Crippen molar-refractivity contribution in [1.82, 2.24) is 14.8 Å². The molecule has 2 unspecified atom stereocenters. The van der Waals surface area contributed by atoms with Crippen molar-refractivity contribution in [3.05, 3.63) is 65.5 Å². The maximum atomic E-state index is 12.7. The van der Waals surface area contributed by atoms with Crippen LogP contribution in [0.2, 0.25) is 0 Å². The Morgan fingerprint density at radius 1 is 1.00 bits per heavy atom. The van der Waals surface area contributed by atoms with E-state index in [2.05, 4.69) is 22.9 Å². The summed E-state index contributed by atoms with van der Waals surface area (Å²) in [7, 11) is 0. The third-order valence-electron chi connectivity index (χ3n) is 5.04. The van der Waals surface area contributed by atoms with Gasteiger partial charge in [0.1, 0.15) is 6.04 Å². The third-order valence-corrected chi connectivity index (χ3v) is 5.04. The highest BCUT2D eigenvalue weighted by Gasteiger charge is 2.28. The minimum Gasteiger partial charge on any atom is -0.338 e. The van der Waals surface area contributed by atoms with Crippen LogP contribution in [0.3, 0.4) is 0 Å². The lowest BCUT2D eigenvalue weighted by molar-refractivity contribution is -0.134. The van der Waals surface area contributed by atoms with E-state index in [4.69, 9.17) is 5.73 Å². The summed E-state index contributed by atoms with van der Waals surface area (Å²) in [6, 6.07) is 11.7. The van der Waals surface area contributed by atoms with Gasteiger partial charge in [0.25, 0.3) is 0 Å². The highest BCUT2D eigenvalue weighted by Crippen LogP contribution is 2.22. The Labute approximate surface area is 185 Å². The van der Waals surface area contributed by atoms with Crippen LogP contribution in [0.15, 0.2) is 48.8 Å². The van der Waals surface area contributed by atoms with Crippen LogP contribution in [0.5, 0.6) is 0 Å². The summed E-state index contributed by atoms with van der Waals surface area (Å²) < 4.78 is 0. The zero-order valence-corrected chi connectivity index (χ0v) is 18.6. The van der Waals surface area contributed by atoms with Crippen LogP contribution in [0, 0.1) is 6.92 Å². The van der Waals surface area contributed by atoms with Gasteiger partial charge in [0.2, 0.25) is 5.91 Å². The molecule has 1 aliphatic heterocycles. The average molecular weight is 448 g/mol. The fourth-order valence-corrected chi connectivity index (χ4v) is 3.28. The molecule has 2 heterocycles. The molecule has 0 saturated carbocycles. The van der Waals surface area contributed by atoms with Crippen LogP contribution in [-0.2, 0) is 4.79 Å². The number of carbonyl (C=O) groups excluding carboxylic acids is 1. The molecule has 0 aliphatic carbocycles. The predicted molar refractivity (Wildman–Crippen MR) is 121 cm³/mol. The Kier molecular flexibility index (Phi) is 11.6. The number of nitrogens with zero attached hydrogens (tertiary/aromatic N) is 3. The van der Waals surface area contributed by atoms with Gasteiger partial charge >= 0.3 is 0 Å². The predicted octanol–water partition coefficient (Wildman–Crippen LogP) is 3.56. The minimum absolute atomic E-state index is 0. The van der Waals surface area contributed by atoms with Crippen molar-refractivity contribution >= 4 is 43.1 Å². The van der Waals surface area contributed by atoms with Crippen molar-refractivity contribution in [2.45, 2.75) is 25.9 Å². The van der Waals surface area contributed by atoms with Crippen molar-refractivity contribution in [3.63, 3.8) is 0 Å². The monoisotopic (exact) mass is 446 g/mol. The van der Waals surface area contributed by atoms with Crippen molar-refractivity contribution in [1.29, 1.82) is 0 Å². The molecule has 1 aromatic heterocycles. The van der Waals surface area contributed by atoms with E-state index in [0.29, 0.717) is 19.1 Å². The van der Waals surface area contributed by atoms with E-state index in [-0.39, 0.29) is 43.1 Å². The van der Waals surface area contributed by atoms with Crippen molar-refractivity contribution in [2.24, 2.45) is 5.73 Å². The summed E-state index contributed by atoms with van der Waals surface area (Å²) in [5.74, 6) is 0.0116. The standard InChI is InChI=1S/C20H26N4O.3ClH/c1-15-5-7-17(8-6-15)19(21)20(25)24-12-10-23(11-13-24)16(2)18-4-3-9-22-14-18;;;/h3-9,14,16,19H,10-13,21H2,1-2H3;3*1H. The maximum Gasteiger partial charge on any atom is 0.244 e. The largest absolute Gasteiger partial charge is 0.338 e. The molecule has 1 amide bonds. The second-order valence-electron chi connectivity index (χ2n) is 6.71. The lowest BCUT2D eigenvalue weighted by atomic mass is 10.0. The second kappa shape index (κ2) is 12.2. The highest BCUT2D eigenvalue weighted by atomic mass is 35.5. The number of hydrogen-bond donors (Lipinski definition) is 1. The molecule has 0 spiro atoms. The fourth-order valence-electron chi connectivity index (χ4n) is 3.28. The first-order chi connectivity index (χ1) is 12.1. The number of nitrogens with two attached hydrogens (primary N) is 1. The molecule has 3 rings (SSSR count). The number of benzene rings is 1. The molecule has 1 aromatic carbocycles. The summed E-state index contributed by atoms with van der Waals surface area (Å²) in [6.45, 7) is 7.34. The highest BCUT2D eigenvalue weighted by molar-refractivity contribution is 5.86. The number of hydrogen-bond acceptors (Lipinski definition) is 4. The van der Waals surface area contributed by atoms with E-state index in [1.165, 1.54) is 11.1 Å². The number of amides is 1. The molecule has 2 aromatic rings. The normalized spacial score (nSPS) is 16.0. The molecule has 8 heteroatoms. The van der Waals surface area contributed by atoms with Gasteiger partial charge in [-0.2, -0.15) is 0 Å². The van der Waals surface area contributed by atoms with Crippen LogP contribution < -0.4 is 5.73 Å². The number of carbonyl (C=O) groups is 1. The summed E-state index contributed by atoms with van der Waals surface area (Å²) in [6.07, 6.45) is 3.70.